The quantitative estimate of drug-likeness (QED) is 0.863. The zero-order valence-corrected chi connectivity index (χ0v) is 11.4. The number of halogens is 1. The summed E-state index contributed by atoms with van der Waals surface area (Å²) in [5.41, 5.74) is 0.589. The van der Waals surface area contributed by atoms with E-state index in [1.54, 1.807) is 31.2 Å². The molecule has 0 spiro atoms. The third-order valence-electron chi connectivity index (χ3n) is 2.10. The van der Waals surface area contributed by atoms with E-state index >= 15 is 0 Å². The van der Waals surface area contributed by atoms with E-state index < -0.39 is 10.0 Å². The van der Waals surface area contributed by atoms with Crippen LogP contribution in [0.25, 0.3) is 0 Å². The summed E-state index contributed by atoms with van der Waals surface area (Å²) in [4.78, 5) is 0. The standard InChI is InChI=1S/C11H16ClNO3S/c1-9(7-16-2)13-17(14,15)8-10-5-3-4-6-11(10)12/h3-6,9,13H,7-8H2,1-2H3. The predicted molar refractivity (Wildman–Crippen MR) is 68.5 cm³/mol. The summed E-state index contributed by atoms with van der Waals surface area (Å²) in [6.07, 6.45) is 0. The minimum Gasteiger partial charge on any atom is -0.383 e. The average Bonchev–Trinajstić information content (AvgIpc) is 2.20. The maximum atomic E-state index is 11.8. The molecule has 17 heavy (non-hydrogen) atoms. The van der Waals surface area contributed by atoms with Gasteiger partial charge in [-0.15, -0.1) is 0 Å². The highest BCUT2D eigenvalue weighted by molar-refractivity contribution is 7.88. The number of sulfonamides is 1. The number of nitrogens with one attached hydrogen (secondary N) is 1. The van der Waals surface area contributed by atoms with Crippen LogP contribution >= 0.6 is 11.6 Å². The SMILES string of the molecule is COCC(C)NS(=O)(=O)Cc1ccccc1Cl. The summed E-state index contributed by atoms with van der Waals surface area (Å²) in [6, 6.07) is 6.63. The van der Waals surface area contributed by atoms with Crippen molar-refractivity contribution in [3.8, 4) is 0 Å². The topological polar surface area (TPSA) is 55.4 Å². The molecule has 1 aromatic rings. The van der Waals surface area contributed by atoms with Crippen molar-refractivity contribution in [2.75, 3.05) is 13.7 Å². The highest BCUT2D eigenvalue weighted by Crippen LogP contribution is 2.17. The molecule has 1 rings (SSSR count). The highest BCUT2D eigenvalue weighted by Gasteiger charge is 2.16. The number of benzene rings is 1. The van der Waals surface area contributed by atoms with Gasteiger partial charge in [0, 0.05) is 18.2 Å². The van der Waals surface area contributed by atoms with Crippen molar-refractivity contribution in [1.82, 2.24) is 4.72 Å². The van der Waals surface area contributed by atoms with Crippen LogP contribution in [0.5, 0.6) is 0 Å². The molecule has 1 atom stereocenters. The Balaban J connectivity index is 2.70. The smallest absolute Gasteiger partial charge is 0.216 e. The van der Waals surface area contributed by atoms with E-state index in [-0.39, 0.29) is 11.8 Å². The van der Waals surface area contributed by atoms with Crippen LogP contribution in [0.3, 0.4) is 0 Å². The molecule has 0 radical (unpaired) electrons. The number of hydrogen-bond acceptors (Lipinski definition) is 3. The number of hydrogen-bond donors (Lipinski definition) is 1. The van der Waals surface area contributed by atoms with E-state index in [1.807, 2.05) is 0 Å². The Bertz CT molecular complexity index is 462. The van der Waals surface area contributed by atoms with Gasteiger partial charge in [-0.05, 0) is 18.6 Å². The van der Waals surface area contributed by atoms with E-state index in [2.05, 4.69) is 4.72 Å². The molecule has 1 aromatic carbocycles. The van der Waals surface area contributed by atoms with Crippen molar-refractivity contribution >= 4 is 21.6 Å². The van der Waals surface area contributed by atoms with Gasteiger partial charge < -0.3 is 4.74 Å². The molecule has 4 nitrogen and oxygen atoms in total. The zero-order valence-electron chi connectivity index (χ0n) is 9.81. The normalized spacial score (nSPS) is 13.6. The van der Waals surface area contributed by atoms with Crippen molar-refractivity contribution in [3.05, 3.63) is 34.9 Å². The van der Waals surface area contributed by atoms with E-state index in [0.29, 0.717) is 17.2 Å². The molecule has 1 N–H and O–H groups in total. The lowest BCUT2D eigenvalue weighted by Gasteiger charge is -2.13. The van der Waals surface area contributed by atoms with Gasteiger partial charge in [0.25, 0.3) is 0 Å². The molecule has 0 fully saturated rings. The maximum Gasteiger partial charge on any atom is 0.216 e. The van der Waals surface area contributed by atoms with E-state index in [9.17, 15) is 8.42 Å². The van der Waals surface area contributed by atoms with Crippen molar-refractivity contribution < 1.29 is 13.2 Å². The molecule has 0 saturated heterocycles. The summed E-state index contributed by atoms with van der Waals surface area (Å²) in [5.74, 6) is -0.124. The monoisotopic (exact) mass is 277 g/mol. The van der Waals surface area contributed by atoms with E-state index in [4.69, 9.17) is 16.3 Å². The lowest BCUT2D eigenvalue weighted by molar-refractivity contribution is 0.180. The van der Waals surface area contributed by atoms with Crippen LogP contribution in [0.4, 0.5) is 0 Å². The van der Waals surface area contributed by atoms with Crippen LogP contribution < -0.4 is 4.72 Å². The largest absolute Gasteiger partial charge is 0.383 e. The molecule has 0 aliphatic carbocycles. The second kappa shape index (κ2) is 6.35. The average molecular weight is 278 g/mol. The predicted octanol–water partition coefficient (Wildman–Crippen LogP) is 1.79. The van der Waals surface area contributed by atoms with Gasteiger partial charge in [-0.25, -0.2) is 13.1 Å². The molecule has 0 saturated carbocycles. The van der Waals surface area contributed by atoms with E-state index in [1.165, 1.54) is 7.11 Å². The second-order valence-electron chi connectivity index (χ2n) is 3.82. The summed E-state index contributed by atoms with van der Waals surface area (Å²) >= 11 is 5.91. The molecular weight excluding hydrogens is 262 g/mol. The molecule has 6 heteroatoms. The number of ether oxygens (including phenoxy) is 1. The number of rotatable bonds is 6. The Hall–Kier alpha value is -0.620. The Morgan fingerprint density at radius 3 is 2.65 bits per heavy atom. The summed E-state index contributed by atoms with van der Waals surface area (Å²) in [5, 5.41) is 0.456. The lowest BCUT2D eigenvalue weighted by atomic mass is 10.2. The summed E-state index contributed by atoms with van der Waals surface area (Å²) < 4.78 is 31.0. The van der Waals surface area contributed by atoms with Crippen LogP contribution in [0.1, 0.15) is 12.5 Å². The maximum absolute atomic E-state index is 11.8. The molecule has 0 aromatic heterocycles. The van der Waals surface area contributed by atoms with Gasteiger partial charge in [0.1, 0.15) is 0 Å². The fourth-order valence-electron chi connectivity index (χ4n) is 1.45. The zero-order chi connectivity index (χ0) is 12.9. The summed E-state index contributed by atoms with van der Waals surface area (Å²) in [7, 11) is -1.87. The third kappa shape index (κ3) is 5.04. The van der Waals surface area contributed by atoms with Crippen molar-refractivity contribution in [2.24, 2.45) is 0 Å². The van der Waals surface area contributed by atoms with Crippen LogP contribution in [0, 0.1) is 0 Å². The molecule has 0 aliphatic rings. The van der Waals surface area contributed by atoms with Gasteiger partial charge in [0.15, 0.2) is 0 Å². The van der Waals surface area contributed by atoms with Gasteiger partial charge in [-0.3, -0.25) is 0 Å². The molecule has 0 aliphatic heterocycles. The molecule has 0 bridgehead atoms. The van der Waals surface area contributed by atoms with Gasteiger partial charge in [-0.1, -0.05) is 29.8 Å². The van der Waals surface area contributed by atoms with Gasteiger partial charge >= 0.3 is 0 Å². The minimum absolute atomic E-state index is 0.124. The molecule has 0 heterocycles. The van der Waals surface area contributed by atoms with Crippen molar-refractivity contribution in [3.63, 3.8) is 0 Å². The number of methoxy groups -OCH3 is 1. The van der Waals surface area contributed by atoms with Crippen LogP contribution in [-0.4, -0.2) is 28.2 Å². The molecule has 96 valence electrons. The van der Waals surface area contributed by atoms with Crippen molar-refractivity contribution in [1.29, 1.82) is 0 Å². The Morgan fingerprint density at radius 2 is 2.06 bits per heavy atom. The fraction of sp³-hybridized carbons (Fsp3) is 0.455. The summed E-state index contributed by atoms with van der Waals surface area (Å²) in [6.45, 7) is 2.08. The van der Waals surface area contributed by atoms with Crippen LogP contribution in [0.15, 0.2) is 24.3 Å². The Morgan fingerprint density at radius 1 is 1.41 bits per heavy atom. The third-order valence-corrected chi connectivity index (χ3v) is 3.92. The van der Waals surface area contributed by atoms with Crippen LogP contribution in [-0.2, 0) is 20.5 Å². The second-order valence-corrected chi connectivity index (χ2v) is 5.99. The Labute approximate surface area is 107 Å². The fourth-order valence-corrected chi connectivity index (χ4v) is 3.16. The lowest BCUT2D eigenvalue weighted by Crippen LogP contribution is -2.36. The van der Waals surface area contributed by atoms with Crippen molar-refractivity contribution in [2.45, 2.75) is 18.7 Å². The van der Waals surface area contributed by atoms with Gasteiger partial charge in [0.2, 0.25) is 10.0 Å². The van der Waals surface area contributed by atoms with Gasteiger partial charge in [0.05, 0.1) is 12.4 Å². The molecule has 1 unspecified atom stereocenters. The van der Waals surface area contributed by atoms with Gasteiger partial charge in [-0.2, -0.15) is 0 Å². The molecule has 0 amide bonds. The first kappa shape index (κ1) is 14.4. The minimum atomic E-state index is -3.39. The van der Waals surface area contributed by atoms with E-state index in [0.717, 1.165) is 0 Å². The highest BCUT2D eigenvalue weighted by atomic mass is 35.5. The van der Waals surface area contributed by atoms with Crippen LogP contribution in [0.2, 0.25) is 5.02 Å². The molecular formula is C11H16ClNO3S. The first-order valence-corrected chi connectivity index (χ1v) is 7.20. The first-order chi connectivity index (χ1) is 7.94. The Kier molecular flexibility index (Phi) is 5.39. The first-order valence-electron chi connectivity index (χ1n) is 5.17.